The number of pyridine rings is 1. The first-order valence-electron chi connectivity index (χ1n) is 7.85. The van der Waals surface area contributed by atoms with Crippen molar-refractivity contribution in [2.45, 2.75) is 6.92 Å². The van der Waals surface area contributed by atoms with Gasteiger partial charge in [0.25, 0.3) is 11.5 Å². The number of carbonyl (C=O) groups is 1. The van der Waals surface area contributed by atoms with Gasteiger partial charge in [-0.3, -0.25) is 14.2 Å². The Morgan fingerprint density at radius 2 is 1.74 bits per heavy atom. The van der Waals surface area contributed by atoms with Crippen LogP contribution >= 0.6 is 12.4 Å². The first kappa shape index (κ1) is 20.0. The molecule has 0 radical (unpaired) electrons. The fraction of sp³-hybridized carbons (Fsp3) is 0.105. The highest BCUT2D eigenvalue weighted by molar-refractivity contribution is 6.10. The molecule has 0 spiro atoms. The third kappa shape index (κ3) is 3.93. The lowest BCUT2D eigenvalue weighted by Crippen LogP contribution is -2.25. The Bertz CT molecular complexity index is 1080. The third-order valence-corrected chi connectivity index (χ3v) is 3.98. The summed E-state index contributed by atoms with van der Waals surface area (Å²) < 4.78 is 6.53. The molecule has 0 bridgehead atoms. The van der Waals surface area contributed by atoms with E-state index in [0.29, 0.717) is 22.2 Å². The van der Waals surface area contributed by atoms with Crippen LogP contribution in [0.3, 0.4) is 0 Å². The maximum absolute atomic E-state index is 12.9. The van der Waals surface area contributed by atoms with Crippen molar-refractivity contribution in [3.05, 3.63) is 70.1 Å². The van der Waals surface area contributed by atoms with Crippen LogP contribution in [0.5, 0.6) is 5.75 Å². The lowest BCUT2D eigenvalue weighted by atomic mass is 10.0. The van der Waals surface area contributed by atoms with Crippen molar-refractivity contribution in [2.75, 3.05) is 7.11 Å². The molecule has 3 aromatic rings. The molecular weight excluding hydrogens is 368 g/mol. The van der Waals surface area contributed by atoms with E-state index in [4.69, 9.17) is 16.2 Å². The quantitative estimate of drug-likeness (QED) is 0.529. The number of aromatic nitrogens is 1. The molecule has 0 aliphatic carbocycles. The average Bonchev–Trinajstić information content (AvgIpc) is 2.61. The summed E-state index contributed by atoms with van der Waals surface area (Å²) in [5, 5.41) is 0.915. The minimum absolute atomic E-state index is 0. The van der Waals surface area contributed by atoms with Gasteiger partial charge in [-0.05, 0) is 37.3 Å². The Labute approximate surface area is 161 Å². The molecule has 0 saturated carbocycles. The van der Waals surface area contributed by atoms with Gasteiger partial charge in [0.2, 0.25) is 0 Å². The first-order valence-corrected chi connectivity index (χ1v) is 7.85. The van der Waals surface area contributed by atoms with Crippen molar-refractivity contribution >= 4 is 35.0 Å². The lowest BCUT2D eigenvalue weighted by Gasteiger charge is -2.12. The number of aliphatic imine (C=N–C) groups is 1. The third-order valence-electron chi connectivity index (χ3n) is 3.98. The molecule has 1 amide bonds. The fourth-order valence-corrected chi connectivity index (χ4v) is 2.74. The number of nitrogens with zero attached hydrogens (tertiary/aromatic N) is 2. The van der Waals surface area contributed by atoms with E-state index in [9.17, 15) is 9.59 Å². The largest absolute Gasteiger partial charge is 0.497 e. The number of rotatable bonds is 3. The van der Waals surface area contributed by atoms with Crippen LogP contribution < -0.4 is 21.8 Å². The van der Waals surface area contributed by atoms with Crippen molar-refractivity contribution in [1.82, 2.24) is 4.57 Å². The Hall–Kier alpha value is -3.32. The molecule has 4 N–H and O–H groups in total. The number of fused-ring (bicyclic) bond motifs is 1. The van der Waals surface area contributed by atoms with E-state index in [1.54, 1.807) is 43.5 Å². The second-order valence-corrected chi connectivity index (χ2v) is 5.81. The number of nitrogens with two attached hydrogens (primary N) is 2. The molecule has 2 aromatic carbocycles. The van der Waals surface area contributed by atoms with E-state index in [1.807, 2.05) is 13.0 Å². The van der Waals surface area contributed by atoms with Crippen molar-refractivity contribution < 1.29 is 9.53 Å². The van der Waals surface area contributed by atoms with Crippen LogP contribution in [0, 0.1) is 6.92 Å². The second kappa shape index (κ2) is 7.92. The van der Waals surface area contributed by atoms with Crippen LogP contribution in [0.15, 0.2) is 58.4 Å². The van der Waals surface area contributed by atoms with Gasteiger partial charge in [0.1, 0.15) is 5.75 Å². The number of ether oxygens (including phenoxy) is 1. The highest BCUT2D eigenvalue weighted by Gasteiger charge is 2.16. The van der Waals surface area contributed by atoms with E-state index in [-0.39, 0.29) is 29.5 Å². The second-order valence-electron chi connectivity index (χ2n) is 5.81. The standard InChI is InChI=1S/C19H18N4O3.ClH/c1-11-3-8-14-15(9-11)16(17(24)22-19(20)21)10-23(18(14)25)12-4-6-13(26-2)7-5-12;/h3-10H,1-2H3,(H4,20,21,22,24);1H. The molecule has 1 heterocycles. The molecule has 8 heteroatoms. The Kier molecular flexibility index (Phi) is 5.87. The number of guanidine groups is 1. The highest BCUT2D eigenvalue weighted by atomic mass is 35.5. The molecule has 3 rings (SSSR count). The molecule has 27 heavy (non-hydrogen) atoms. The van der Waals surface area contributed by atoms with Crippen molar-refractivity contribution in [2.24, 2.45) is 16.5 Å². The molecule has 0 aliphatic heterocycles. The lowest BCUT2D eigenvalue weighted by molar-refractivity contribution is 0.100. The van der Waals surface area contributed by atoms with Gasteiger partial charge in [0.05, 0.1) is 12.7 Å². The van der Waals surface area contributed by atoms with Gasteiger partial charge in [-0.2, -0.15) is 4.99 Å². The molecule has 0 atom stereocenters. The Balaban J connectivity index is 0.00000261. The van der Waals surface area contributed by atoms with Crippen LogP contribution in [0.25, 0.3) is 16.5 Å². The van der Waals surface area contributed by atoms with Crippen molar-refractivity contribution in [3.8, 4) is 11.4 Å². The number of amides is 1. The zero-order valence-electron chi connectivity index (χ0n) is 14.8. The number of halogens is 1. The maximum Gasteiger partial charge on any atom is 0.282 e. The number of hydrogen-bond acceptors (Lipinski definition) is 3. The summed E-state index contributed by atoms with van der Waals surface area (Å²) in [6.07, 6.45) is 1.46. The van der Waals surface area contributed by atoms with Crippen LogP contribution in [-0.4, -0.2) is 23.5 Å². The van der Waals surface area contributed by atoms with Crippen LogP contribution in [-0.2, 0) is 0 Å². The minimum Gasteiger partial charge on any atom is -0.497 e. The minimum atomic E-state index is -0.608. The van der Waals surface area contributed by atoms with E-state index >= 15 is 0 Å². The summed E-state index contributed by atoms with van der Waals surface area (Å²) in [6.45, 7) is 1.88. The van der Waals surface area contributed by atoms with Gasteiger partial charge in [0, 0.05) is 22.7 Å². The van der Waals surface area contributed by atoms with Crippen LogP contribution in [0.2, 0.25) is 0 Å². The topological polar surface area (TPSA) is 113 Å². The normalized spacial score (nSPS) is 10.1. The van der Waals surface area contributed by atoms with E-state index in [1.165, 1.54) is 10.8 Å². The molecule has 0 aliphatic rings. The van der Waals surface area contributed by atoms with Gasteiger partial charge in [0.15, 0.2) is 5.96 Å². The molecule has 0 unspecified atom stereocenters. The van der Waals surface area contributed by atoms with Gasteiger partial charge in [-0.1, -0.05) is 17.7 Å². The predicted molar refractivity (Wildman–Crippen MR) is 108 cm³/mol. The SMILES string of the molecule is COc1ccc(-n2cc(C(=O)N=C(N)N)c3cc(C)ccc3c2=O)cc1.Cl. The van der Waals surface area contributed by atoms with Crippen LogP contribution in [0.4, 0.5) is 0 Å². The van der Waals surface area contributed by atoms with E-state index in [0.717, 1.165) is 5.56 Å². The van der Waals surface area contributed by atoms with Crippen molar-refractivity contribution in [1.29, 1.82) is 0 Å². The molecule has 0 saturated heterocycles. The summed E-state index contributed by atoms with van der Waals surface area (Å²) in [5.74, 6) is -0.282. The van der Waals surface area contributed by atoms with Gasteiger partial charge in [-0.15, -0.1) is 12.4 Å². The summed E-state index contributed by atoms with van der Waals surface area (Å²) in [7, 11) is 1.56. The summed E-state index contributed by atoms with van der Waals surface area (Å²) >= 11 is 0. The fourth-order valence-electron chi connectivity index (χ4n) is 2.74. The monoisotopic (exact) mass is 386 g/mol. The van der Waals surface area contributed by atoms with Gasteiger partial charge < -0.3 is 16.2 Å². The zero-order chi connectivity index (χ0) is 18.8. The Morgan fingerprint density at radius 1 is 1.07 bits per heavy atom. The molecule has 1 aromatic heterocycles. The summed E-state index contributed by atoms with van der Waals surface area (Å²) in [4.78, 5) is 29.0. The Morgan fingerprint density at radius 3 is 2.33 bits per heavy atom. The molecular formula is C19H19ClN4O3. The maximum atomic E-state index is 12.9. The zero-order valence-corrected chi connectivity index (χ0v) is 15.6. The van der Waals surface area contributed by atoms with E-state index < -0.39 is 5.91 Å². The van der Waals surface area contributed by atoms with E-state index in [2.05, 4.69) is 4.99 Å². The smallest absolute Gasteiger partial charge is 0.282 e. The molecule has 0 fully saturated rings. The molecule has 140 valence electrons. The number of aryl methyl sites for hydroxylation is 1. The number of methoxy groups -OCH3 is 1. The summed E-state index contributed by atoms with van der Waals surface area (Å²) in [5.41, 5.74) is 12.2. The average molecular weight is 387 g/mol. The number of hydrogen-bond donors (Lipinski definition) is 2. The number of carbonyl (C=O) groups excluding carboxylic acids is 1. The summed E-state index contributed by atoms with van der Waals surface area (Å²) in [6, 6.07) is 12.2. The number of benzene rings is 2. The van der Waals surface area contributed by atoms with Gasteiger partial charge >= 0.3 is 0 Å². The molecule has 7 nitrogen and oxygen atoms in total. The first-order chi connectivity index (χ1) is 12.4. The van der Waals surface area contributed by atoms with Crippen molar-refractivity contribution in [3.63, 3.8) is 0 Å². The van der Waals surface area contributed by atoms with Crippen LogP contribution in [0.1, 0.15) is 15.9 Å². The predicted octanol–water partition coefficient (Wildman–Crippen LogP) is 2.14. The van der Waals surface area contributed by atoms with Gasteiger partial charge in [-0.25, -0.2) is 0 Å². The highest BCUT2D eigenvalue weighted by Crippen LogP contribution is 2.21.